The second-order valence-corrected chi connectivity index (χ2v) is 7.52. The third kappa shape index (κ3) is 5.85. The van der Waals surface area contributed by atoms with Crippen molar-refractivity contribution in [3.8, 4) is 5.75 Å². The van der Waals surface area contributed by atoms with Crippen molar-refractivity contribution in [1.82, 2.24) is 5.32 Å². The van der Waals surface area contributed by atoms with Crippen molar-refractivity contribution in [3.05, 3.63) is 54.6 Å². The SMILES string of the molecule is CCCCOc1ccc(NC(=O)C[C@@H]2SC(=Nc3ccccc3)NC2=O)cc1. The first-order chi connectivity index (χ1) is 13.6. The van der Waals surface area contributed by atoms with Crippen LogP contribution in [0, 0.1) is 0 Å². The zero-order chi connectivity index (χ0) is 19.8. The number of ether oxygens (including phenoxy) is 1. The quantitative estimate of drug-likeness (QED) is 0.657. The second-order valence-electron chi connectivity index (χ2n) is 6.33. The Bertz CT molecular complexity index is 838. The maximum Gasteiger partial charge on any atom is 0.240 e. The van der Waals surface area contributed by atoms with Crippen molar-refractivity contribution in [1.29, 1.82) is 0 Å². The minimum atomic E-state index is -0.487. The molecule has 1 saturated heterocycles. The Morgan fingerprint density at radius 3 is 2.64 bits per heavy atom. The van der Waals surface area contributed by atoms with Crippen LogP contribution in [-0.2, 0) is 9.59 Å². The number of hydrogen-bond donors (Lipinski definition) is 2. The molecular formula is C21H23N3O3S. The van der Waals surface area contributed by atoms with E-state index in [0.717, 1.165) is 24.3 Å². The van der Waals surface area contributed by atoms with Crippen LogP contribution >= 0.6 is 11.8 Å². The average molecular weight is 398 g/mol. The van der Waals surface area contributed by atoms with Crippen LogP contribution in [0.25, 0.3) is 0 Å². The van der Waals surface area contributed by atoms with Gasteiger partial charge in [0.1, 0.15) is 11.0 Å². The average Bonchev–Trinajstić information content (AvgIpc) is 3.03. The molecule has 6 nitrogen and oxygen atoms in total. The number of unbranched alkanes of at least 4 members (excludes halogenated alkanes) is 1. The molecule has 2 amide bonds. The molecule has 0 bridgehead atoms. The summed E-state index contributed by atoms with van der Waals surface area (Å²) in [5.41, 5.74) is 1.44. The van der Waals surface area contributed by atoms with Gasteiger partial charge in [-0.05, 0) is 42.8 Å². The number of carbonyl (C=O) groups is 2. The van der Waals surface area contributed by atoms with Gasteiger partial charge in [-0.1, -0.05) is 43.3 Å². The van der Waals surface area contributed by atoms with Crippen LogP contribution in [0.1, 0.15) is 26.2 Å². The Labute approximate surface area is 168 Å². The van der Waals surface area contributed by atoms with Crippen LogP contribution < -0.4 is 15.4 Å². The lowest BCUT2D eigenvalue weighted by Gasteiger charge is -2.09. The number of nitrogens with zero attached hydrogens (tertiary/aromatic N) is 1. The smallest absolute Gasteiger partial charge is 0.240 e. The molecule has 2 N–H and O–H groups in total. The Morgan fingerprint density at radius 2 is 1.93 bits per heavy atom. The molecule has 0 spiro atoms. The minimum Gasteiger partial charge on any atom is -0.494 e. The molecule has 1 aliphatic rings. The third-order valence-electron chi connectivity index (χ3n) is 4.04. The Hall–Kier alpha value is -2.80. The minimum absolute atomic E-state index is 0.0824. The van der Waals surface area contributed by atoms with Crippen LogP contribution in [0.5, 0.6) is 5.75 Å². The first kappa shape index (κ1) is 19.9. The van der Waals surface area contributed by atoms with Gasteiger partial charge < -0.3 is 15.4 Å². The number of thioether (sulfide) groups is 1. The molecule has 1 heterocycles. The van der Waals surface area contributed by atoms with E-state index in [1.165, 1.54) is 11.8 Å². The summed E-state index contributed by atoms with van der Waals surface area (Å²) in [5, 5.41) is 5.58. The van der Waals surface area contributed by atoms with Crippen LogP contribution in [0.15, 0.2) is 59.6 Å². The lowest BCUT2D eigenvalue weighted by atomic mass is 10.2. The van der Waals surface area contributed by atoms with E-state index < -0.39 is 5.25 Å². The van der Waals surface area contributed by atoms with Gasteiger partial charge in [0.15, 0.2) is 5.17 Å². The molecule has 146 valence electrons. The molecule has 28 heavy (non-hydrogen) atoms. The highest BCUT2D eigenvalue weighted by molar-refractivity contribution is 8.15. The van der Waals surface area contributed by atoms with E-state index in [2.05, 4.69) is 22.5 Å². The van der Waals surface area contributed by atoms with Crippen LogP contribution in [0.3, 0.4) is 0 Å². The van der Waals surface area contributed by atoms with E-state index in [0.29, 0.717) is 17.5 Å². The van der Waals surface area contributed by atoms with Gasteiger partial charge in [-0.2, -0.15) is 0 Å². The fourth-order valence-corrected chi connectivity index (χ4v) is 3.55. The summed E-state index contributed by atoms with van der Waals surface area (Å²) in [7, 11) is 0. The number of benzene rings is 2. The molecule has 1 atom stereocenters. The predicted molar refractivity (Wildman–Crippen MR) is 113 cm³/mol. The predicted octanol–water partition coefficient (Wildman–Crippen LogP) is 4.11. The summed E-state index contributed by atoms with van der Waals surface area (Å²) in [6.45, 7) is 2.80. The molecule has 2 aromatic rings. The number of rotatable bonds is 8. The van der Waals surface area contributed by atoms with Gasteiger partial charge in [0.2, 0.25) is 11.8 Å². The molecule has 1 fully saturated rings. The van der Waals surface area contributed by atoms with E-state index in [1.807, 2.05) is 42.5 Å². The molecule has 7 heteroatoms. The largest absolute Gasteiger partial charge is 0.494 e. The summed E-state index contributed by atoms with van der Waals surface area (Å²) in [5.74, 6) is 0.363. The molecule has 0 saturated carbocycles. The number of hydrogen-bond acceptors (Lipinski definition) is 5. The van der Waals surface area contributed by atoms with Gasteiger partial charge >= 0.3 is 0 Å². The van der Waals surface area contributed by atoms with E-state index >= 15 is 0 Å². The van der Waals surface area contributed by atoms with E-state index in [9.17, 15) is 9.59 Å². The van der Waals surface area contributed by atoms with Crippen molar-refractivity contribution in [2.75, 3.05) is 11.9 Å². The van der Waals surface area contributed by atoms with Gasteiger partial charge in [0.25, 0.3) is 0 Å². The summed E-state index contributed by atoms with van der Waals surface area (Å²) in [4.78, 5) is 28.8. The van der Waals surface area contributed by atoms with Gasteiger partial charge in [-0.25, -0.2) is 4.99 Å². The molecule has 3 rings (SSSR count). The van der Waals surface area contributed by atoms with Crippen LogP contribution in [0.4, 0.5) is 11.4 Å². The second kappa shape index (κ2) is 9.94. The molecule has 1 aliphatic heterocycles. The van der Waals surface area contributed by atoms with E-state index in [1.54, 1.807) is 12.1 Å². The van der Waals surface area contributed by atoms with Crippen molar-refractivity contribution in [2.45, 2.75) is 31.4 Å². The molecule has 0 aromatic heterocycles. The zero-order valence-electron chi connectivity index (χ0n) is 15.7. The molecule has 0 unspecified atom stereocenters. The first-order valence-electron chi connectivity index (χ1n) is 9.28. The third-order valence-corrected chi connectivity index (χ3v) is 5.12. The van der Waals surface area contributed by atoms with E-state index in [4.69, 9.17) is 4.74 Å². The number of anilines is 1. The summed E-state index contributed by atoms with van der Waals surface area (Å²) < 4.78 is 5.61. The van der Waals surface area contributed by atoms with Gasteiger partial charge in [0.05, 0.1) is 12.3 Å². The Kier molecular flexibility index (Phi) is 7.08. The van der Waals surface area contributed by atoms with Crippen LogP contribution in [-0.4, -0.2) is 28.8 Å². The van der Waals surface area contributed by atoms with Gasteiger partial charge in [-0.15, -0.1) is 0 Å². The topological polar surface area (TPSA) is 79.8 Å². The molecular weight excluding hydrogens is 374 g/mol. The fraction of sp³-hybridized carbons (Fsp3) is 0.286. The number of para-hydroxylation sites is 1. The molecule has 0 aliphatic carbocycles. The zero-order valence-corrected chi connectivity index (χ0v) is 16.5. The number of carbonyl (C=O) groups excluding carboxylic acids is 2. The van der Waals surface area contributed by atoms with E-state index in [-0.39, 0.29) is 18.2 Å². The van der Waals surface area contributed by atoms with Crippen molar-refractivity contribution in [3.63, 3.8) is 0 Å². The Morgan fingerprint density at radius 1 is 1.18 bits per heavy atom. The fourth-order valence-electron chi connectivity index (χ4n) is 2.56. The number of aliphatic imine (C=N–C) groups is 1. The summed E-state index contributed by atoms with van der Waals surface area (Å²) in [6, 6.07) is 16.6. The van der Waals surface area contributed by atoms with Gasteiger partial charge in [-0.3, -0.25) is 9.59 Å². The standard InChI is InChI=1S/C21H23N3O3S/c1-2-3-13-27-17-11-9-16(10-12-17)22-19(25)14-18-20(26)24-21(28-18)23-15-7-5-4-6-8-15/h4-12,18H,2-3,13-14H2,1H3,(H,22,25)(H,23,24,26)/t18-/m0/s1. The van der Waals surface area contributed by atoms with Crippen molar-refractivity contribution in [2.24, 2.45) is 4.99 Å². The number of amidine groups is 1. The summed E-state index contributed by atoms with van der Waals surface area (Å²) in [6.07, 6.45) is 2.17. The lowest BCUT2D eigenvalue weighted by Crippen LogP contribution is -2.28. The van der Waals surface area contributed by atoms with Crippen LogP contribution in [0.2, 0.25) is 0 Å². The Balaban J connectivity index is 1.50. The van der Waals surface area contributed by atoms with Gasteiger partial charge in [0, 0.05) is 12.1 Å². The maximum absolute atomic E-state index is 12.3. The number of nitrogens with one attached hydrogen (secondary N) is 2. The van der Waals surface area contributed by atoms with Crippen molar-refractivity contribution < 1.29 is 14.3 Å². The van der Waals surface area contributed by atoms with Crippen molar-refractivity contribution >= 4 is 40.1 Å². The highest BCUT2D eigenvalue weighted by Crippen LogP contribution is 2.25. The monoisotopic (exact) mass is 397 g/mol. The molecule has 2 aromatic carbocycles. The first-order valence-corrected chi connectivity index (χ1v) is 10.2. The summed E-state index contributed by atoms with van der Waals surface area (Å²) >= 11 is 1.27. The number of amides is 2. The normalized spacial score (nSPS) is 17.4. The molecule has 0 radical (unpaired) electrons. The highest BCUT2D eigenvalue weighted by Gasteiger charge is 2.32. The highest BCUT2D eigenvalue weighted by atomic mass is 32.2. The maximum atomic E-state index is 12.3. The lowest BCUT2D eigenvalue weighted by molar-refractivity contribution is -0.122.